The topological polar surface area (TPSA) is 117 Å². The van der Waals surface area contributed by atoms with Gasteiger partial charge in [0.2, 0.25) is 5.91 Å². The summed E-state index contributed by atoms with van der Waals surface area (Å²) in [6.07, 6.45) is 2.27. The fraction of sp³-hybridized carbons (Fsp3) is 0.579. The SMILES string of the molecule is CN=C(NCCCNC(=O)OC(C)(C)C)NCCC(=O)Nc1ccc(C)cn1. The maximum absolute atomic E-state index is 11.9. The maximum Gasteiger partial charge on any atom is 0.407 e. The van der Waals surface area contributed by atoms with Crippen LogP contribution in [0.3, 0.4) is 0 Å². The first-order valence-corrected chi connectivity index (χ1v) is 9.33. The number of carbonyl (C=O) groups excluding carboxylic acids is 2. The number of aromatic nitrogens is 1. The zero-order valence-corrected chi connectivity index (χ0v) is 17.4. The molecule has 1 heterocycles. The lowest BCUT2D eigenvalue weighted by Crippen LogP contribution is -2.40. The Morgan fingerprint density at radius 3 is 2.39 bits per heavy atom. The number of ether oxygens (including phenoxy) is 1. The summed E-state index contributed by atoms with van der Waals surface area (Å²) in [7, 11) is 1.66. The van der Waals surface area contributed by atoms with Gasteiger partial charge in [0.25, 0.3) is 0 Å². The molecule has 1 aromatic rings. The molecule has 4 N–H and O–H groups in total. The minimum atomic E-state index is -0.504. The molecule has 0 unspecified atom stereocenters. The number of aliphatic imine (C=N–C) groups is 1. The molecule has 28 heavy (non-hydrogen) atoms. The van der Waals surface area contributed by atoms with E-state index in [1.807, 2.05) is 33.8 Å². The highest BCUT2D eigenvalue weighted by Crippen LogP contribution is 2.06. The molecule has 0 radical (unpaired) electrons. The number of nitrogens with one attached hydrogen (secondary N) is 4. The number of nitrogens with zero attached hydrogens (tertiary/aromatic N) is 2. The van der Waals surface area contributed by atoms with Crippen molar-refractivity contribution in [1.29, 1.82) is 0 Å². The van der Waals surface area contributed by atoms with Gasteiger partial charge in [-0.2, -0.15) is 0 Å². The standard InChI is InChI=1S/C19H32N6O3/c1-14-7-8-15(24-13-14)25-16(26)9-12-22-17(20-5)21-10-6-11-23-18(27)28-19(2,3)4/h7-8,13H,6,9-12H2,1-5H3,(H,23,27)(H2,20,21,22)(H,24,25,26). The van der Waals surface area contributed by atoms with Crippen LogP contribution in [0.2, 0.25) is 0 Å². The summed E-state index contributed by atoms with van der Waals surface area (Å²) in [6.45, 7) is 8.95. The van der Waals surface area contributed by atoms with Crippen LogP contribution in [0.1, 0.15) is 39.2 Å². The molecule has 2 amide bonds. The molecule has 0 saturated carbocycles. The molecular formula is C19H32N6O3. The van der Waals surface area contributed by atoms with Gasteiger partial charge in [-0.1, -0.05) is 6.07 Å². The van der Waals surface area contributed by atoms with E-state index in [0.717, 1.165) is 5.56 Å². The van der Waals surface area contributed by atoms with Gasteiger partial charge in [0.05, 0.1) is 0 Å². The quantitative estimate of drug-likeness (QED) is 0.304. The van der Waals surface area contributed by atoms with Gasteiger partial charge >= 0.3 is 6.09 Å². The number of pyridine rings is 1. The molecule has 1 rings (SSSR count). The second-order valence-corrected chi connectivity index (χ2v) is 7.23. The molecule has 0 aliphatic rings. The maximum atomic E-state index is 11.9. The van der Waals surface area contributed by atoms with E-state index in [4.69, 9.17) is 4.74 Å². The summed E-state index contributed by atoms with van der Waals surface area (Å²) in [5.41, 5.74) is 0.534. The van der Waals surface area contributed by atoms with Gasteiger partial charge in [-0.05, 0) is 45.7 Å². The fourth-order valence-electron chi connectivity index (χ4n) is 2.06. The van der Waals surface area contributed by atoms with Crippen LogP contribution in [-0.4, -0.2) is 55.2 Å². The van der Waals surface area contributed by atoms with E-state index in [0.29, 0.717) is 37.8 Å². The number of amides is 2. The van der Waals surface area contributed by atoms with Crippen LogP contribution in [0.5, 0.6) is 0 Å². The van der Waals surface area contributed by atoms with Crippen LogP contribution in [0.15, 0.2) is 23.3 Å². The molecule has 0 aliphatic carbocycles. The van der Waals surface area contributed by atoms with E-state index in [1.165, 1.54) is 0 Å². The third-order valence-corrected chi connectivity index (χ3v) is 3.36. The van der Waals surface area contributed by atoms with Gasteiger partial charge in [0, 0.05) is 39.3 Å². The summed E-state index contributed by atoms with van der Waals surface area (Å²) in [4.78, 5) is 31.7. The molecule has 0 aromatic carbocycles. The number of alkyl carbamates (subject to hydrolysis) is 1. The first-order chi connectivity index (χ1) is 13.2. The Bertz CT molecular complexity index is 653. The van der Waals surface area contributed by atoms with Gasteiger partial charge < -0.3 is 26.0 Å². The van der Waals surface area contributed by atoms with Crippen molar-refractivity contribution in [3.05, 3.63) is 23.9 Å². The molecule has 9 heteroatoms. The van der Waals surface area contributed by atoms with E-state index in [1.54, 1.807) is 19.3 Å². The molecule has 0 atom stereocenters. The zero-order chi connectivity index (χ0) is 21.0. The molecule has 0 spiro atoms. The van der Waals surface area contributed by atoms with E-state index in [2.05, 4.69) is 31.2 Å². The van der Waals surface area contributed by atoms with E-state index >= 15 is 0 Å². The Kier molecular flexibility index (Phi) is 9.76. The molecular weight excluding hydrogens is 360 g/mol. The number of anilines is 1. The van der Waals surface area contributed by atoms with Crippen molar-refractivity contribution in [2.24, 2.45) is 4.99 Å². The highest BCUT2D eigenvalue weighted by Gasteiger charge is 2.15. The van der Waals surface area contributed by atoms with Crippen LogP contribution >= 0.6 is 0 Å². The number of hydrogen-bond donors (Lipinski definition) is 4. The number of aryl methyl sites for hydroxylation is 1. The Labute approximate surface area is 166 Å². The minimum Gasteiger partial charge on any atom is -0.444 e. The third kappa shape index (κ3) is 11.0. The van der Waals surface area contributed by atoms with E-state index in [-0.39, 0.29) is 12.3 Å². The van der Waals surface area contributed by atoms with Crippen LogP contribution < -0.4 is 21.3 Å². The molecule has 0 fully saturated rings. The molecule has 9 nitrogen and oxygen atoms in total. The second kappa shape index (κ2) is 11.8. The monoisotopic (exact) mass is 392 g/mol. The highest BCUT2D eigenvalue weighted by molar-refractivity contribution is 5.90. The highest BCUT2D eigenvalue weighted by atomic mass is 16.6. The number of rotatable bonds is 8. The summed E-state index contributed by atoms with van der Waals surface area (Å²) in [5, 5.41) is 11.6. The fourth-order valence-corrected chi connectivity index (χ4v) is 2.06. The largest absolute Gasteiger partial charge is 0.444 e. The van der Waals surface area contributed by atoms with Crippen molar-refractivity contribution in [1.82, 2.24) is 20.9 Å². The van der Waals surface area contributed by atoms with Gasteiger partial charge in [0.15, 0.2) is 5.96 Å². The molecule has 0 aliphatic heterocycles. The van der Waals surface area contributed by atoms with E-state index in [9.17, 15) is 9.59 Å². The summed E-state index contributed by atoms with van der Waals surface area (Å²) < 4.78 is 5.16. The average Bonchev–Trinajstić information content (AvgIpc) is 2.60. The predicted molar refractivity (Wildman–Crippen MR) is 110 cm³/mol. The van der Waals surface area contributed by atoms with Crippen LogP contribution in [0.4, 0.5) is 10.6 Å². The average molecular weight is 393 g/mol. The van der Waals surface area contributed by atoms with Crippen molar-refractivity contribution >= 4 is 23.8 Å². The van der Waals surface area contributed by atoms with Crippen LogP contribution in [0, 0.1) is 6.92 Å². The Morgan fingerprint density at radius 2 is 1.79 bits per heavy atom. The first kappa shape index (κ1) is 23.2. The smallest absolute Gasteiger partial charge is 0.407 e. The van der Waals surface area contributed by atoms with Gasteiger partial charge in [-0.15, -0.1) is 0 Å². The van der Waals surface area contributed by atoms with Crippen molar-refractivity contribution < 1.29 is 14.3 Å². The summed E-state index contributed by atoms with van der Waals surface area (Å²) in [6, 6.07) is 3.66. The summed E-state index contributed by atoms with van der Waals surface area (Å²) in [5.74, 6) is 1.01. The number of hydrogen-bond acceptors (Lipinski definition) is 5. The molecule has 0 saturated heterocycles. The van der Waals surface area contributed by atoms with Crippen molar-refractivity contribution in [2.45, 2.75) is 46.1 Å². The zero-order valence-electron chi connectivity index (χ0n) is 17.4. The number of guanidine groups is 1. The van der Waals surface area contributed by atoms with Crippen molar-refractivity contribution in [2.75, 3.05) is 32.0 Å². The van der Waals surface area contributed by atoms with Crippen molar-refractivity contribution in [3.8, 4) is 0 Å². The van der Waals surface area contributed by atoms with E-state index < -0.39 is 11.7 Å². The predicted octanol–water partition coefficient (Wildman–Crippen LogP) is 1.80. The number of carbonyl (C=O) groups is 2. The second-order valence-electron chi connectivity index (χ2n) is 7.23. The molecule has 156 valence electrons. The third-order valence-electron chi connectivity index (χ3n) is 3.36. The lowest BCUT2D eigenvalue weighted by Gasteiger charge is -2.19. The Balaban J connectivity index is 2.15. The van der Waals surface area contributed by atoms with Crippen LogP contribution in [-0.2, 0) is 9.53 Å². The lowest BCUT2D eigenvalue weighted by molar-refractivity contribution is -0.116. The van der Waals surface area contributed by atoms with Gasteiger partial charge in [-0.25, -0.2) is 9.78 Å². The summed E-state index contributed by atoms with van der Waals surface area (Å²) >= 11 is 0. The minimum absolute atomic E-state index is 0.124. The van der Waals surface area contributed by atoms with Gasteiger partial charge in [-0.3, -0.25) is 9.79 Å². The van der Waals surface area contributed by atoms with Crippen molar-refractivity contribution in [3.63, 3.8) is 0 Å². The van der Waals surface area contributed by atoms with Gasteiger partial charge in [0.1, 0.15) is 11.4 Å². The first-order valence-electron chi connectivity index (χ1n) is 9.33. The Morgan fingerprint density at radius 1 is 1.11 bits per heavy atom. The Hall–Kier alpha value is -2.84. The van der Waals surface area contributed by atoms with Crippen LogP contribution in [0.25, 0.3) is 0 Å². The normalized spacial score (nSPS) is 11.5. The lowest BCUT2D eigenvalue weighted by atomic mass is 10.2. The molecule has 1 aromatic heterocycles. The molecule has 0 bridgehead atoms.